The van der Waals surface area contributed by atoms with Crippen LogP contribution >= 0.6 is 23.4 Å². The van der Waals surface area contributed by atoms with Crippen molar-refractivity contribution in [2.24, 2.45) is 4.99 Å². The average Bonchev–Trinajstić information content (AvgIpc) is 2.87. The van der Waals surface area contributed by atoms with Gasteiger partial charge in [0, 0.05) is 24.2 Å². The second-order valence-corrected chi connectivity index (χ2v) is 8.05. The molecule has 1 aliphatic heterocycles. The van der Waals surface area contributed by atoms with E-state index in [1.807, 2.05) is 38.1 Å². The molecule has 2 amide bonds. The molecule has 2 aromatic rings. The minimum Gasteiger partial charge on any atom is -0.326 e. The van der Waals surface area contributed by atoms with Gasteiger partial charge in [-0.25, -0.2) is 4.99 Å². The summed E-state index contributed by atoms with van der Waals surface area (Å²) < 4.78 is 0. The number of rotatable bonds is 4. The number of hydrogen-bond donors (Lipinski definition) is 1. The van der Waals surface area contributed by atoms with Gasteiger partial charge < -0.3 is 5.32 Å². The zero-order valence-electron chi connectivity index (χ0n) is 15.3. The highest BCUT2D eigenvalue weighted by Gasteiger charge is 2.37. The highest BCUT2D eigenvalue weighted by Crippen LogP contribution is 2.31. The number of hydrogen-bond acceptors (Lipinski definition) is 4. The molecular formula is C20H20ClN3O2S. The van der Waals surface area contributed by atoms with Gasteiger partial charge in [0.1, 0.15) is 5.25 Å². The lowest BCUT2D eigenvalue weighted by Crippen LogP contribution is -2.30. The SMILES string of the molecule is Cc1ccc(N=C2SC(CC(=O)Nc3ccc(Cl)cc3C)C(=O)N2C)cc1. The van der Waals surface area contributed by atoms with E-state index >= 15 is 0 Å². The molecule has 5 nitrogen and oxygen atoms in total. The van der Waals surface area contributed by atoms with Crippen LogP contribution in [-0.4, -0.2) is 34.2 Å². The lowest BCUT2D eigenvalue weighted by atomic mass is 10.2. The fourth-order valence-electron chi connectivity index (χ4n) is 2.66. The Morgan fingerprint density at radius 1 is 1.22 bits per heavy atom. The number of amidine groups is 1. The summed E-state index contributed by atoms with van der Waals surface area (Å²) in [4.78, 5) is 30.9. The molecule has 1 saturated heterocycles. The van der Waals surface area contributed by atoms with Gasteiger partial charge >= 0.3 is 0 Å². The molecule has 2 aromatic carbocycles. The van der Waals surface area contributed by atoms with Crippen molar-refractivity contribution in [2.75, 3.05) is 12.4 Å². The molecule has 1 heterocycles. The lowest BCUT2D eigenvalue weighted by molar-refractivity contribution is -0.127. The maximum atomic E-state index is 12.5. The first-order valence-electron chi connectivity index (χ1n) is 8.49. The van der Waals surface area contributed by atoms with E-state index in [1.54, 1.807) is 25.2 Å². The molecule has 1 atom stereocenters. The number of nitrogens with one attached hydrogen (secondary N) is 1. The zero-order valence-corrected chi connectivity index (χ0v) is 16.9. The third-order valence-corrected chi connectivity index (χ3v) is 5.70. The second-order valence-electron chi connectivity index (χ2n) is 6.45. The summed E-state index contributed by atoms with van der Waals surface area (Å²) >= 11 is 7.25. The molecule has 1 fully saturated rings. The van der Waals surface area contributed by atoms with E-state index in [0.717, 1.165) is 16.8 Å². The van der Waals surface area contributed by atoms with Crippen molar-refractivity contribution in [3.8, 4) is 0 Å². The topological polar surface area (TPSA) is 61.8 Å². The van der Waals surface area contributed by atoms with Crippen molar-refractivity contribution in [1.82, 2.24) is 4.90 Å². The predicted octanol–water partition coefficient (Wildman–Crippen LogP) is 4.55. The Hall–Kier alpha value is -2.31. The minimum atomic E-state index is -0.480. The number of anilines is 1. The normalized spacial score (nSPS) is 18.2. The third kappa shape index (κ3) is 4.70. The first-order valence-corrected chi connectivity index (χ1v) is 9.75. The number of benzene rings is 2. The van der Waals surface area contributed by atoms with Gasteiger partial charge in [-0.2, -0.15) is 0 Å². The highest BCUT2D eigenvalue weighted by molar-refractivity contribution is 8.15. The Balaban J connectivity index is 1.67. The average molecular weight is 402 g/mol. The fourth-order valence-corrected chi connectivity index (χ4v) is 4.04. The molecule has 27 heavy (non-hydrogen) atoms. The minimum absolute atomic E-state index is 0.0861. The molecule has 3 rings (SSSR count). The van der Waals surface area contributed by atoms with E-state index in [0.29, 0.717) is 15.9 Å². The van der Waals surface area contributed by atoms with Crippen molar-refractivity contribution in [2.45, 2.75) is 25.5 Å². The maximum absolute atomic E-state index is 12.5. The Morgan fingerprint density at radius 3 is 2.59 bits per heavy atom. The molecule has 0 radical (unpaired) electrons. The van der Waals surface area contributed by atoms with E-state index in [9.17, 15) is 9.59 Å². The first-order chi connectivity index (χ1) is 12.8. The summed E-state index contributed by atoms with van der Waals surface area (Å²) in [7, 11) is 1.68. The van der Waals surface area contributed by atoms with Gasteiger partial charge in [0.15, 0.2) is 5.17 Å². The van der Waals surface area contributed by atoms with Gasteiger partial charge in [0.05, 0.1) is 5.69 Å². The molecule has 0 bridgehead atoms. The number of carbonyl (C=O) groups excluding carboxylic acids is 2. The maximum Gasteiger partial charge on any atom is 0.242 e. The number of amides is 2. The van der Waals surface area contributed by atoms with Crippen LogP contribution in [0.3, 0.4) is 0 Å². The number of thioether (sulfide) groups is 1. The van der Waals surface area contributed by atoms with Gasteiger partial charge in [-0.15, -0.1) is 0 Å². The summed E-state index contributed by atoms with van der Waals surface area (Å²) in [6, 6.07) is 13.0. The van der Waals surface area contributed by atoms with Crippen LogP contribution in [0.1, 0.15) is 17.5 Å². The van der Waals surface area contributed by atoms with Gasteiger partial charge in [-0.05, 0) is 49.7 Å². The first kappa shape index (κ1) is 19.5. The lowest BCUT2D eigenvalue weighted by Gasteiger charge is -2.11. The van der Waals surface area contributed by atoms with E-state index in [2.05, 4.69) is 10.3 Å². The van der Waals surface area contributed by atoms with Gasteiger partial charge in [0.25, 0.3) is 0 Å². The molecule has 0 spiro atoms. The second kappa shape index (κ2) is 8.15. The molecule has 1 unspecified atom stereocenters. The van der Waals surface area contributed by atoms with Crippen LogP contribution in [-0.2, 0) is 9.59 Å². The largest absolute Gasteiger partial charge is 0.326 e. The van der Waals surface area contributed by atoms with Crippen molar-refractivity contribution in [1.29, 1.82) is 0 Å². The molecule has 0 saturated carbocycles. The molecule has 0 aromatic heterocycles. The molecule has 7 heteroatoms. The van der Waals surface area contributed by atoms with Gasteiger partial charge in [-0.3, -0.25) is 14.5 Å². The van der Waals surface area contributed by atoms with Crippen LogP contribution < -0.4 is 5.32 Å². The Morgan fingerprint density at radius 2 is 1.93 bits per heavy atom. The summed E-state index contributed by atoms with van der Waals surface area (Å²) in [5, 5.41) is 3.59. The third-order valence-electron chi connectivity index (χ3n) is 4.23. The molecular weight excluding hydrogens is 382 g/mol. The fraction of sp³-hybridized carbons (Fsp3) is 0.250. The zero-order chi connectivity index (χ0) is 19.6. The molecule has 1 N–H and O–H groups in total. The predicted molar refractivity (Wildman–Crippen MR) is 112 cm³/mol. The quantitative estimate of drug-likeness (QED) is 0.817. The van der Waals surface area contributed by atoms with Crippen molar-refractivity contribution >= 4 is 51.7 Å². The van der Waals surface area contributed by atoms with Crippen LogP contribution in [0.4, 0.5) is 11.4 Å². The van der Waals surface area contributed by atoms with Crippen molar-refractivity contribution < 1.29 is 9.59 Å². The Labute approximate surface area is 167 Å². The van der Waals surface area contributed by atoms with E-state index in [-0.39, 0.29) is 18.2 Å². The summed E-state index contributed by atoms with van der Waals surface area (Å²) in [5.74, 6) is -0.329. The summed E-state index contributed by atoms with van der Waals surface area (Å²) in [6.45, 7) is 3.88. The van der Waals surface area contributed by atoms with Gasteiger partial charge in [0.2, 0.25) is 11.8 Å². The van der Waals surface area contributed by atoms with E-state index in [1.165, 1.54) is 16.7 Å². The van der Waals surface area contributed by atoms with Crippen LogP contribution in [0.2, 0.25) is 5.02 Å². The van der Waals surface area contributed by atoms with Crippen molar-refractivity contribution in [3.63, 3.8) is 0 Å². The number of nitrogens with zero attached hydrogens (tertiary/aromatic N) is 2. The van der Waals surface area contributed by atoms with Crippen LogP contribution in [0, 0.1) is 13.8 Å². The Bertz CT molecular complexity index is 912. The Kier molecular flexibility index (Phi) is 5.87. The summed E-state index contributed by atoms with van der Waals surface area (Å²) in [5.41, 5.74) is 3.50. The number of halogens is 1. The summed E-state index contributed by atoms with van der Waals surface area (Å²) in [6.07, 6.45) is 0.0861. The number of carbonyl (C=O) groups is 2. The van der Waals surface area contributed by atoms with Crippen LogP contribution in [0.15, 0.2) is 47.5 Å². The smallest absolute Gasteiger partial charge is 0.242 e. The molecule has 140 valence electrons. The number of aryl methyl sites for hydroxylation is 2. The standard InChI is InChI=1S/C20H20ClN3O2S/c1-12-4-7-15(8-5-12)22-20-24(3)19(26)17(27-20)11-18(25)23-16-9-6-14(21)10-13(16)2/h4-10,17H,11H2,1-3H3,(H,23,25). The number of aliphatic imine (C=N–C) groups is 1. The van der Waals surface area contributed by atoms with E-state index < -0.39 is 5.25 Å². The van der Waals surface area contributed by atoms with E-state index in [4.69, 9.17) is 11.6 Å². The molecule has 1 aliphatic rings. The van der Waals surface area contributed by atoms with Crippen LogP contribution in [0.25, 0.3) is 0 Å². The van der Waals surface area contributed by atoms with Crippen molar-refractivity contribution in [3.05, 3.63) is 58.6 Å². The van der Waals surface area contributed by atoms with Gasteiger partial charge in [-0.1, -0.05) is 41.1 Å². The monoisotopic (exact) mass is 401 g/mol. The molecule has 0 aliphatic carbocycles. The van der Waals surface area contributed by atoms with Crippen LogP contribution in [0.5, 0.6) is 0 Å². The highest BCUT2D eigenvalue weighted by atomic mass is 35.5.